The molecule has 3 aromatic carbocycles. The Morgan fingerprint density at radius 3 is 2.11 bits per heavy atom. The number of aliphatic hydroxyl groups is 1. The van der Waals surface area contributed by atoms with Crippen LogP contribution in [0, 0.1) is 0 Å². The van der Waals surface area contributed by atoms with E-state index >= 15 is 0 Å². The fourth-order valence-electron chi connectivity index (χ4n) is 3.86. The molecule has 1 fully saturated rings. The number of halogens is 2. The number of nitrogens with one attached hydrogen (secondary N) is 1. The number of hydrogen-bond acceptors (Lipinski definition) is 6. The van der Waals surface area contributed by atoms with Crippen LogP contribution in [0.4, 0.5) is 5.69 Å². The summed E-state index contributed by atoms with van der Waals surface area (Å²) in [4.78, 5) is 38.6. The molecule has 0 radical (unpaired) electrons. The van der Waals surface area contributed by atoms with Crippen LogP contribution in [0.2, 0.25) is 5.02 Å². The van der Waals surface area contributed by atoms with Crippen molar-refractivity contribution in [1.82, 2.24) is 4.72 Å². The van der Waals surface area contributed by atoms with Gasteiger partial charge >= 0.3 is 0 Å². The summed E-state index contributed by atoms with van der Waals surface area (Å²) in [5.74, 6) is -2.90. The molecule has 1 unspecified atom stereocenters. The van der Waals surface area contributed by atoms with Gasteiger partial charge in [0.25, 0.3) is 21.7 Å². The molecular formula is C25H18BrClN2O6S. The van der Waals surface area contributed by atoms with E-state index < -0.39 is 33.7 Å². The highest BCUT2D eigenvalue weighted by Crippen LogP contribution is 2.42. The molecule has 1 heterocycles. The Labute approximate surface area is 220 Å². The van der Waals surface area contributed by atoms with Crippen molar-refractivity contribution >= 4 is 66.6 Å². The van der Waals surface area contributed by atoms with Crippen LogP contribution in [0.15, 0.2) is 87.7 Å². The summed E-state index contributed by atoms with van der Waals surface area (Å²) >= 11 is 9.36. The van der Waals surface area contributed by atoms with Gasteiger partial charge in [0.2, 0.25) is 5.91 Å². The first-order valence-corrected chi connectivity index (χ1v) is 13.1. The van der Waals surface area contributed by atoms with Crippen molar-refractivity contribution < 1.29 is 27.9 Å². The van der Waals surface area contributed by atoms with Crippen LogP contribution < -0.4 is 9.62 Å². The Morgan fingerprint density at radius 2 is 1.56 bits per heavy atom. The molecule has 1 saturated heterocycles. The van der Waals surface area contributed by atoms with Gasteiger partial charge in [-0.3, -0.25) is 19.3 Å². The maximum atomic E-state index is 13.2. The zero-order valence-corrected chi connectivity index (χ0v) is 21.8. The summed E-state index contributed by atoms with van der Waals surface area (Å²) in [6.07, 6.45) is 0. The van der Waals surface area contributed by atoms with E-state index in [4.69, 9.17) is 11.6 Å². The van der Waals surface area contributed by atoms with E-state index in [1.807, 2.05) is 4.72 Å². The van der Waals surface area contributed by atoms with Gasteiger partial charge in [0.05, 0.1) is 16.5 Å². The summed E-state index contributed by atoms with van der Waals surface area (Å²) in [6, 6.07) is 17.2. The lowest BCUT2D eigenvalue weighted by molar-refractivity contribution is -0.132. The number of anilines is 1. The number of aliphatic hydroxyl groups excluding tert-OH is 1. The second-order valence-electron chi connectivity index (χ2n) is 7.88. The predicted molar refractivity (Wildman–Crippen MR) is 138 cm³/mol. The lowest BCUT2D eigenvalue weighted by Gasteiger charge is -2.25. The molecule has 0 aromatic heterocycles. The van der Waals surface area contributed by atoms with Crippen LogP contribution in [-0.4, -0.2) is 31.1 Å². The predicted octanol–water partition coefficient (Wildman–Crippen LogP) is 4.55. The minimum Gasteiger partial charge on any atom is -0.507 e. The summed E-state index contributed by atoms with van der Waals surface area (Å²) in [5.41, 5.74) is 0.937. The van der Waals surface area contributed by atoms with Gasteiger partial charge < -0.3 is 5.11 Å². The third kappa shape index (κ3) is 4.92. The lowest BCUT2D eigenvalue weighted by Crippen LogP contribution is -2.30. The zero-order chi connectivity index (χ0) is 26.2. The van der Waals surface area contributed by atoms with Crippen LogP contribution in [0.5, 0.6) is 0 Å². The van der Waals surface area contributed by atoms with Gasteiger partial charge in [-0.25, -0.2) is 13.1 Å². The van der Waals surface area contributed by atoms with E-state index in [0.717, 1.165) is 11.4 Å². The first-order valence-electron chi connectivity index (χ1n) is 10.5. The molecule has 11 heteroatoms. The molecule has 0 spiro atoms. The van der Waals surface area contributed by atoms with Crippen molar-refractivity contribution in [1.29, 1.82) is 0 Å². The molecule has 184 valence electrons. The Bertz CT molecular complexity index is 1500. The molecule has 2 amide bonds. The molecule has 4 rings (SSSR count). The molecule has 0 bridgehead atoms. The van der Waals surface area contributed by atoms with Gasteiger partial charge in [-0.2, -0.15) is 0 Å². The molecule has 36 heavy (non-hydrogen) atoms. The largest absolute Gasteiger partial charge is 0.507 e. The molecule has 1 aliphatic heterocycles. The van der Waals surface area contributed by atoms with E-state index in [0.29, 0.717) is 16.1 Å². The Kier molecular flexibility index (Phi) is 7.03. The van der Waals surface area contributed by atoms with Crippen LogP contribution in [0.25, 0.3) is 5.76 Å². The topological polar surface area (TPSA) is 121 Å². The minimum atomic E-state index is -4.10. The standard InChI is InChI=1S/C25H18BrClN2O6S/c1-14(30)28-36(34,35)20-12-10-19(11-13-20)29-22(15-4-8-18(27)9-5-15)21(24(32)25(29)33)23(31)16-2-6-17(26)7-3-16/h2-13,22,31H,1H3,(H,28,30)/b23-21+. The molecule has 2 N–H and O–H groups in total. The van der Waals surface area contributed by atoms with Gasteiger partial charge in [-0.15, -0.1) is 0 Å². The molecular weight excluding hydrogens is 572 g/mol. The number of nitrogens with zero attached hydrogens (tertiary/aromatic N) is 1. The maximum Gasteiger partial charge on any atom is 0.300 e. The van der Waals surface area contributed by atoms with E-state index in [2.05, 4.69) is 15.9 Å². The van der Waals surface area contributed by atoms with Crippen molar-refractivity contribution in [2.45, 2.75) is 17.9 Å². The Hall–Kier alpha value is -3.47. The summed E-state index contributed by atoms with van der Waals surface area (Å²) in [6.45, 7) is 1.07. The van der Waals surface area contributed by atoms with Crippen LogP contribution in [0.1, 0.15) is 24.1 Å². The number of sulfonamides is 1. The smallest absolute Gasteiger partial charge is 0.300 e. The Morgan fingerprint density at radius 1 is 0.972 bits per heavy atom. The fraction of sp³-hybridized carbons (Fsp3) is 0.0800. The summed E-state index contributed by atoms with van der Waals surface area (Å²) in [7, 11) is -4.10. The SMILES string of the molecule is CC(=O)NS(=O)(=O)c1ccc(N2C(=O)C(=O)/C(=C(/O)c3ccc(Br)cc3)C2c2ccc(Cl)cc2)cc1. The highest BCUT2D eigenvalue weighted by molar-refractivity contribution is 9.10. The van der Waals surface area contributed by atoms with E-state index in [-0.39, 0.29) is 21.9 Å². The quantitative estimate of drug-likeness (QED) is 0.256. The Balaban J connectivity index is 1.86. The van der Waals surface area contributed by atoms with Gasteiger partial charge in [0.1, 0.15) is 5.76 Å². The van der Waals surface area contributed by atoms with E-state index in [1.165, 1.54) is 29.2 Å². The second kappa shape index (κ2) is 9.88. The summed E-state index contributed by atoms with van der Waals surface area (Å²) < 4.78 is 27.3. The number of ketones is 1. The third-order valence-electron chi connectivity index (χ3n) is 5.45. The number of carbonyl (C=O) groups is 3. The van der Waals surface area contributed by atoms with Crippen LogP contribution in [0.3, 0.4) is 0 Å². The number of rotatable bonds is 5. The van der Waals surface area contributed by atoms with Crippen molar-refractivity contribution in [2.24, 2.45) is 0 Å². The molecule has 8 nitrogen and oxygen atoms in total. The number of carbonyl (C=O) groups excluding carboxylic acids is 3. The fourth-order valence-corrected chi connectivity index (χ4v) is 5.24. The maximum absolute atomic E-state index is 13.2. The minimum absolute atomic E-state index is 0.125. The van der Waals surface area contributed by atoms with Crippen LogP contribution in [-0.2, 0) is 24.4 Å². The monoisotopic (exact) mass is 588 g/mol. The van der Waals surface area contributed by atoms with E-state index in [1.54, 1.807) is 48.5 Å². The number of hydrogen-bond donors (Lipinski definition) is 2. The van der Waals surface area contributed by atoms with Gasteiger partial charge in [0.15, 0.2) is 0 Å². The normalized spacial score (nSPS) is 17.3. The highest BCUT2D eigenvalue weighted by atomic mass is 79.9. The molecule has 0 aliphatic carbocycles. The van der Waals surface area contributed by atoms with E-state index in [9.17, 15) is 27.9 Å². The van der Waals surface area contributed by atoms with Gasteiger partial charge in [-0.05, 0) is 54.1 Å². The lowest BCUT2D eigenvalue weighted by atomic mass is 9.95. The van der Waals surface area contributed by atoms with Gasteiger partial charge in [0, 0.05) is 27.7 Å². The average Bonchev–Trinajstić information content (AvgIpc) is 3.09. The summed E-state index contributed by atoms with van der Waals surface area (Å²) in [5, 5.41) is 11.5. The molecule has 0 saturated carbocycles. The molecule has 1 atom stereocenters. The number of Topliss-reactive ketones (excluding diaryl/α,β-unsaturated/α-hetero) is 1. The number of amides is 2. The van der Waals surface area contributed by atoms with Gasteiger partial charge in [-0.1, -0.05) is 51.8 Å². The second-order valence-corrected chi connectivity index (χ2v) is 10.9. The highest BCUT2D eigenvalue weighted by Gasteiger charge is 2.47. The van der Waals surface area contributed by atoms with Crippen molar-refractivity contribution in [3.05, 3.63) is 99.0 Å². The van der Waals surface area contributed by atoms with Crippen molar-refractivity contribution in [3.63, 3.8) is 0 Å². The average molecular weight is 590 g/mol. The van der Waals surface area contributed by atoms with Crippen LogP contribution >= 0.6 is 27.5 Å². The van der Waals surface area contributed by atoms with Crippen molar-refractivity contribution in [2.75, 3.05) is 4.90 Å². The first kappa shape index (κ1) is 25.6. The molecule has 3 aromatic rings. The third-order valence-corrected chi connectivity index (χ3v) is 7.68. The first-order chi connectivity index (χ1) is 17.0. The number of benzene rings is 3. The van der Waals surface area contributed by atoms with Crippen molar-refractivity contribution in [3.8, 4) is 0 Å². The molecule has 1 aliphatic rings. The zero-order valence-electron chi connectivity index (χ0n) is 18.6.